The maximum Gasteiger partial charge on any atom is 1.00 e. The quantitative estimate of drug-likeness (QED) is 0.682. The van der Waals surface area contributed by atoms with Crippen LogP contribution in [0.4, 0.5) is 12.9 Å². The predicted octanol–water partition coefficient (Wildman–Crippen LogP) is 1.36. The van der Waals surface area contributed by atoms with Gasteiger partial charge in [0.05, 0.1) is 6.51 Å². The molecule has 1 aromatic heterocycles. The third-order valence-electron chi connectivity index (χ3n) is 2.79. The molecule has 0 aliphatic rings. The third-order valence-corrected chi connectivity index (χ3v) is 2.79. The van der Waals surface area contributed by atoms with Crippen molar-refractivity contribution in [3.8, 4) is 5.75 Å². The first kappa shape index (κ1) is 15.9. The minimum Gasteiger partial charge on any atom is -0.522 e. The van der Waals surface area contributed by atoms with Crippen molar-refractivity contribution in [2.75, 3.05) is 6.51 Å². The SMILES string of the molecule is F[B-](F)(F)COc1ccc2oc3ccccc3c2c1.[K+]. The molecule has 20 heavy (non-hydrogen) atoms. The van der Waals surface area contributed by atoms with Crippen LogP contribution in [0, 0.1) is 0 Å². The van der Waals surface area contributed by atoms with Crippen LogP contribution in [-0.2, 0) is 0 Å². The average molecular weight is 304 g/mol. The summed E-state index contributed by atoms with van der Waals surface area (Å²) in [5.74, 6) is 0.193. The zero-order valence-corrected chi connectivity index (χ0v) is 13.9. The van der Waals surface area contributed by atoms with Gasteiger partial charge in [-0.25, -0.2) is 0 Å². The second kappa shape index (κ2) is 6.11. The van der Waals surface area contributed by atoms with Gasteiger partial charge in [-0.15, -0.1) is 0 Å². The normalized spacial score (nSPS) is 11.6. The third kappa shape index (κ3) is 3.40. The van der Waals surface area contributed by atoms with Crippen molar-refractivity contribution in [3.05, 3.63) is 42.5 Å². The number of hydrogen-bond donors (Lipinski definition) is 0. The van der Waals surface area contributed by atoms with Crippen LogP contribution in [0.15, 0.2) is 46.9 Å². The number of fused-ring (bicyclic) bond motifs is 3. The van der Waals surface area contributed by atoms with Gasteiger partial charge in [0.1, 0.15) is 16.9 Å². The van der Waals surface area contributed by atoms with E-state index in [0.29, 0.717) is 11.2 Å². The molecule has 0 radical (unpaired) electrons. The molecule has 0 unspecified atom stereocenters. The molecule has 0 saturated carbocycles. The molecule has 0 N–H and O–H groups in total. The molecule has 7 heteroatoms. The number of furan rings is 1. The van der Waals surface area contributed by atoms with Crippen LogP contribution in [0.1, 0.15) is 0 Å². The van der Waals surface area contributed by atoms with Crippen molar-refractivity contribution in [2.24, 2.45) is 0 Å². The smallest absolute Gasteiger partial charge is 0.522 e. The van der Waals surface area contributed by atoms with E-state index in [1.165, 1.54) is 6.07 Å². The molecule has 2 nitrogen and oxygen atoms in total. The molecule has 0 saturated heterocycles. The van der Waals surface area contributed by atoms with Gasteiger partial charge < -0.3 is 22.1 Å². The predicted molar refractivity (Wildman–Crippen MR) is 68.3 cm³/mol. The summed E-state index contributed by atoms with van der Waals surface area (Å²) in [6.07, 6.45) is 0. The van der Waals surface area contributed by atoms with E-state index in [4.69, 9.17) is 9.15 Å². The maximum absolute atomic E-state index is 12.2. The zero-order valence-electron chi connectivity index (χ0n) is 10.8. The molecule has 0 amide bonds. The Morgan fingerprint density at radius 1 is 0.950 bits per heavy atom. The molecular weight excluding hydrogens is 295 g/mol. The van der Waals surface area contributed by atoms with Gasteiger partial charge in [0, 0.05) is 10.8 Å². The van der Waals surface area contributed by atoms with Crippen molar-refractivity contribution >= 4 is 28.9 Å². The van der Waals surface area contributed by atoms with Crippen LogP contribution < -0.4 is 56.1 Å². The number of ether oxygens (including phenoxy) is 1. The molecule has 0 fully saturated rings. The minimum atomic E-state index is -4.95. The topological polar surface area (TPSA) is 22.4 Å². The van der Waals surface area contributed by atoms with E-state index >= 15 is 0 Å². The average Bonchev–Trinajstić information content (AvgIpc) is 2.73. The van der Waals surface area contributed by atoms with Gasteiger partial charge >= 0.3 is 58.4 Å². The molecule has 2 aromatic carbocycles. The van der Waals surface area contributed by atoms with Crippen LogP contribution in [0.5, 0.6) is 5.75 Å². The molecule has 0 aliphatic heterocycles. The summed E-state index contributed by atoms with van der Waals surface area (Å²) in [5.41, 5.74) is 1.33. The maximum atomic E-state index is 12.2. The van der Waals surface area contributed by atoms with Gasteiger partial charge in [0.2, 0.25) is 0 Å². The summed E-state index contributed by atoms with van der Waals surface area (Å²) < 4.78 is 46.8. The van der Waals surface area contributed by atoms with Gasteiger partial charge in [-0.2, -0.15) is 0 Å². The number of hydrogen-bond acceptors (Lipinski definition) is 2. The van der Waals surface area contributed by atoms with Gasteiger partial charge in [-0.3, -0.25) is 0 Å². The van der Waals surface area contributed by atoms with Crippen LogP contribution in [0.3, 0.4) is 0 Å². The molecule has 98 valence electrons. The standard InChI is InChI=1S/C13H9BF3O2.K/c15-14(16,17)8-18-9-5-6-13-11(7-9)10-3-1-2-4-12(10)19-13;/h1-7H,8H2;/q-1;+1. The van der Waals surface area contributed by atoms with Crippen LogP contribution in [0.2, 0.25) is 0 Å². The van der Waals surface area contributed by atoms with Gasteiger partial charge in [0.25, 0.3) is 0 Å². The fraction of sp³-hybridized carbons (Fsp3) is 0.0769. The van der Waals surface area contributed by atoms with Gasteiger partial charge in [0.15, 0.2) is 0 Å². The van der Waals surface area contributed by atoms with Gasteiger partial charge in [-0.05, 0) is 24.3 Å². The second-order valence-corrected chi connectivity index (χ2v) is 4.28. The Morgan fingerprint density at radius 3 is 2.40 bits per heavy atom. The van der Waals surface area contributed by atoms with Crippen molar-refractivity contribution in [1.29, 1.82) is 0 Å². The zero-order chi connectivity index (χ0) is 13.5. The van der Waals surface area contributed by atoms with Crippen LogP contribution in [0.25, 0.3) is 21.9 Å². The minimum absolute atomic E-state index is 0. The molecule has 3 aromatic rings. The Balaban J connectivity index is 0.00000147. The monoisotopic (exact) mass is 304 g/mol. The van der Waals surface area contributed by atoms with E-state index < -0.39 is 13.5 Å². The Bertz CT molecular complexity index is 739. The van der Waals surface area contributed by atoms with Crippen LogP contribution >= 0.6 is 0 Å². The van der Waals surface area contributed by atoms with Crippen molar-refractivity contribution < 1.29 is 73.5 Å². The molecule has 0 aliphatic carbocycles. The summed E-state index contributed by atoms with van der Waals surface area (Å²) in [4.78, 5) is 0. The van der Waals surface area contributed by atoms with Gasteiger partial charge in [-0.1, -0.05) is 18.2 Å². The molecular formula is C13H9BF3KO2. The summed E-state index contributed by atoms with van der Waals surface area (Å²) >= 11 is 0. The van der Waals surface area contributed by atoms with E-state index in [-0.39, 0.29) is 57.1 Å². The molecule has 0 atom stereocenters. The largest absolute Gasteiger partial charge is 1.00 e. The van der Waals surface area contributed by atoms with E-state index in [2.05, 4.69) is 0 Å². The Labute approximate surface area is 155 Å². The second-order valence-electron chi connectivity index (χ2n) is 4.28. The summed E-state index contributed by atoms with van der Waals surface area (Å²) in [5, 5.41) is 1.61. The van der Waals surface area contributed by atoms with Crippen molar-refractivity contribution in [3.63, 3.8) is 0 Å². The van der Waals surface area contributed by atoms with Crippen molar-refractivity contribution in [2.45, 2.75) is 0 Å². The number of rotatable bonds is 3. The molecule has 3 rings (SSSR count). The fourth-order valence-corrected chi connectivity index (χ4v) is 1.99. The molecule has 1 heterocycles. The Hall–Kier alpha value is -0.469. The summed E-state index contributed by atoms with van der Waals surface area (Å²) in [6.45, 7) is -6.18. The van der Waals surface area contributed by atoms with E-state index in [1.54, 1.807) is 12.1 Å². The first-order chi connectivity index (χ1) is 9.03. The summed E-state index contributed by atoms with van der Waals surface area (Å²) in [6, 6.07) is 12.0. The fourth-order valence-electron chi connectivity index (χ4n) is 1.99. The van der Waals surface area contributed by atoms with E-state index in [0.717, 1.165) is 10.8 Å². The first-order valence-electron chi connectivity index (χ1n) is 5.78. The number of para-hydroxylation sites is 1. The Morgan fingerprint density at radius 2 is 1.65 bits per heavy atom. The van der Waals surface area contributed by atoms with E-state index in [1.807, 2.05) is 24.3 Å². The van der Waals surface area contributed by atoms with Crippen LogP contribution in [-0.4, -0.2) is 13.5 Å². The van der Waals surface area contributed by atoms with E-state index in [9.17, 15) is 12.9 Å². The van der Waals surface area contributed by atoms with Crippen molar-refractivity contribution in [1.82, 2.24) is 0 Å². The Kier molecular flexibility index (Phi) is 4.86. The number of benzene rings is 2. The first-order valence-corrected chi connectivity index (χ1v) is 5.78. The molecule has 0 bridgehead atoms. The number of halogens is 3. The summed E-state index contributed by atoms with van der Waals surface area (Å²) in [7, 11) is 0. The molecule has 0 spiro atoms.